The minimum Gasteiger partial charge on any atom is -0.316 e. The summed E-state index contributed by atoms with van der Waals surface area (Å²) in [6, 6.07) is 0. The van der Waals surface area contributed by atoms with Crippen LogP contribution in [0.4, 0.5) is 0 Å². The quantitative estimate of drug-likeness (QED) is 0.846. The third-order valence-electron chi connectivity index (χ3n) is 4.35. The first-order chi connectivity index (χ1) is 9.86. The molecule has 110 valence electrons. The van der Waals surface area contributed by atoms with Gasteiger partial charge in [0.1, 0.15) is 5.82 Å². The monoisotopic (exact) mass is 291 g/mol. The van der Waals surface area contributed by atoms with Crippen LogP contribution in [0, 0.1) is 5.92 Å². The molecule has 1 aliphatic carbocycles. The molecule has 1 fully saturated rings. The molecule has 3 rings (SSSR count). The lowest BCUT2D eigenvalue weighted by Gasteiger charge is -2.24. The number of aryl methyl sites for hydroxylation is 1. The maximum atomic E-state index is 4.87. The molecule has 2 atom stereocenters. The van der Waals surface area contributed by atoms with E-state index < -0.39 is 0 Å². The molecule has 0 saturated carbocycles. The topological polar surface area (TPSA) is 37.8 Å². The lowest BCUT2D eigenvalue weighted by Crippen LogP contribution is -2.28. The number of thioether (sulfide) groups is 1. The first-order valence-corrected chi connectivity index (χ1v) is 9.08. The summed E-state index contributed by atoms with van der Waals surface area (Å²) in [6.07, 6.45) is 9.48. The highest BCUT2D eigenvalue weighted by atomic mass is 32.2. The van der Waals surface area contributed by atoms with Crippen LogP contribution in [0.15, 0.2) is 6.20 Å². The third-order valence-corrected chi connectivity index (χ3v) is 5.72. The van der Waals surface area contributed by atoms with E-state index in [0.29, 0.717) is 5.25 Å². The molecule has 2 aliphatic rings. The predicted molar refractivity (Wildman–Crippen MR) is 85.1 cm³/mol. The molecule has 4 heteroatoms. The normalized spacial score (nSPS) is 25.6. The Kier molecular flexibility index (Phi) is 4.94. The molecule has 1 aromatic rings. The predicted octanol–water partition coefficient (Wildman–Crippen LogP) is 3.15. The maximum Gasteiger partial charge on any atom is 0.141 e. The van der Waals surface area contributed by atoms with Gasteiger partial charge in [-0.15, -0.1) is 0 Å². The summed E-state index contributed by atoms with van der Waals surface area (Å²) in [5.74, 6) is 3.13. The molecule has 2 heterocycles. The number of rotatable bonds is 5. The lowest BCUT2D eigenvalue weighted by atomic mass is 9.87. The number of fused-ring (bicyclic) bond motifs is 1. The van der Waals surface area contributed by atoms with Crippen molar-refractivity contribution in [3.8, 4) is 0 Å². The van der Waals surface area contributed by atoms with Crippen molar-refractivity contribution >= 4 is 11.8 Å². The van der Waals surface area contributed by atoms with Crippen molar-refractivity contribution in [2.75, 3.05) is 18.8 Å². The number of hydrogen-bond donors (Lipinski definition) is 1. The van der Waals surface area contributed by atoms with Crippen molar-refractivity contribution in [2.45, 2.75) is 50.7 Å². The molecule has 0 radical (unpaired) electrons. The third kappa shape index (κ3) is 3.34. The van der Waals surface area contributed by atoms with Gasteiger partial charge >= 0.3 is 0 Å². The zero-order valence-electron chi connectivity index (χ0n) is 12.4. The van der Waals surface area contributed by atoms with E-state index in [1.807, 2.05) is 11.8 Å². The molecular weight excluding hydrogens is 266 g/mol. The van der Waals surface area contributed by atoms with Gasteiger partial charge in [0.05, 0.1) is 5.25 Å². The van der Waals surface area contributed by atoms with Gasteiger partial charge in [-0.05, 0) is 68.8 Å². The Morgan fingerprint density at radius 2 is 2.35 bits per heavy atom. The van der Waals surface area contributed by atoms with Crippen LogP contribution in [0.5, 0.6) is 0 Å². The average Bonchev–Trinajstić information content (AvgIpc) is 3.01. The second kappa shape index (κ2) is 6.90. The molecule has 1 aliphatic heterocycles. The smallest absolute Gasteiger partial charge is 0.141 e. The van der Waals surface area contributed by atoms with Crippen molar-refractivity contribution in [1.29, 1.82) is 0 Å². The van der Waals surface area contributed by atoms with Crippen LogP contribution in [-0.2, 0) is 12.8 Å². The molecule has 3 nitrogen and oxygen atoms in total. The number of nitrogens with one attached hydrogen (secondary N) is 1. The Hall–Kier alpha value is -0.610. The van der Waals surface area contributed by atoms with E-state index in [4.69, 9.17) is 4.98 Å². The highest BCUT2D eigenvalue weighted by Crippen LogP contribution is 2.38. The van der Waals surface area contributed by atoms with E-state index >= 15 is 0 Å². The Labute approximate surface area is 126 Å². The zero-order valence-corrected chi connectivity index (χ0v) is 13.2. The summed E-state index contributed by atoms with van der Waals surface area (Å²) in [6.45, 7) is 4.50. The Morgan fingerprint density at radius 3 is 3.15 bits per heavy atom. The average molecular weight is 291 g/mol. The van der Waals surface area contributed by atoms with Gasteiger partial charge in [0.2, 0.25) is 0 Å². The maximum absolute atomic E-state index is 4.87. The van der Waals surface area contributed by atoms with E-state index in [1.54, 1.807) is 0 Å². The van der Waals surface area contributed by atoms with E-state index in [1.165, 1.54) is 42.7 Å². The second-order valence-electron chi connectivity index (χ2n) is 6.01. The van der Waals surface area contributed by atoms with E-state index in [-0.39, 0.29) is 0 Å². The Balaban J connectivity index is 1.63. The van der Waals surface area contributed by atoms with Crippen LogP contribution in [0.2, 0.25) is 0 Å². The molecule has 1 saturated heterocycles. The minimum absolute atomic E-state index is 0.559. The molecule has 0 bridgehead atoms. The van der Waals surface area contributed by atoms with Gasteiger partial charge in [0.15, 0.2) is 0 Å². The summed E-state index contributed by atoms with van der Waals surface area (Å²) >= 11 is 2.03. The zero-order chi connectivity index (χ0) is 13.8. The highest BCUT2D eigenvalue weighted by molar-refractivity contribution is 7.99. The fraction of sp³-hybridized carbons (Fsp3) is 0.750. The molecule has 0 aromatic carbocycles. The first kappa shape index (κ1) is 14.3. The van der Waals surface area contributed by atoms with E-state index in [9.17, 15) is 0 Å². The van der Waals surface area contributed by atoms with Crippen LogP contribution in [-0.4, -0.2) is 28.8 Å². The van der Waals surface area contributed by atoms with Crippen LogP contribution in [0.1, 0.15) is 54.9 Å². The van der Waals surface area contributed by atoms with Crippen LogP contribution >= 0.6 is 11.8 Å². The van der Waals surface area contributed by atoms with E-state index in [2.05, 4.69) is 23.4 Å². The van der Waals surface area contributed by atoms with Gasteiger partial charge in [0, 0.05) is 11.9 Å². The molecule has 1 N–H and O–H groups in total. The van der Waals surface area contributed by atoms with Gasteiger partial charge in [-0.25, -0.2) is 9.97 Å². The fourth-order valence-corrected chi connectivity index (χ4v) is 4.41. The largest absolute Gasteiger partial charge is 0.316 e. The molecule has 20 heavy (non-hydrogen) atoms. The molecule has 1 aromatic heterocycles. The van der Waals surface area contributed by atoms with E-state index in [0.717, 1.165) is 37.7 Å². The lowest BCUT2D eigenvalue weighted by molar-refractivity contribution is 0.419. The van der Waals surface area contributed by atoms with Gasteiger partial charge in [-0.2, -0.15) is 11.8 Å². The van der Waals surface area contributed by atoms with Gasteiger partial charge in [-0.1, -0.05) is 6.92 Å². The Morgan fingerprint density at radius 1 is 1.40 bits per heavy atom. The van der Waals surface area contributed by atoms with Crippen LogP contribution in [0.25, 0.3) is 0 Å². The second-order valence-corrected chi connectivity index (χ2v) is 7.33. The van der Waals surface area contributed by atoms with Crippen molar-refractivity contribution in [3.05, 3.63) is 23.3 Å². The summed E-state index contributed by atoms with van der Waals surface area (Å²) < 4.78 is 0. The van der Waals surface area contributed by atoms with Gasteiger partial charge in [0.25, 0.3) is 0 Å². The fourth-order valence-electron chi connectivity index (χ4n) is 3.19. The van der Waals surface area contributed by atoms with Gasteiger partial charge < -0.3 is 5.32 Å². The minimum atomic E-state index is 0.559. The van der Waals surface area contributed by atoms with Gasteiger partial charge in [-0.3, -0.25) is 0 Å². The number of nitrogens with zero attached hydrogens (tertiary/aromatic N) is 2. The van der Waals surface area contributed by atoms with Crippen molar-refractivity contribution in [3.63, 3.8) is 0 Å². The standard InChI is InChI=1S/C16H25N3S/c1-2-7-17-10-12-5-6-14-13(9-12)11-18-16(19-14)15-4-3-8-20-15/h11-12,15,17H,2-10H2,1H3. The summed E-state index contributed by atoms with van der Waals surface area (Å²) in [5.41, 5.74) is 2.72. The van der Waals surface area contributed by atoms with Crippen LogP contribution in [0.3, 0.4) is 0 Å². The number of aromatic nitrogens is 2. The number of hydrogen-bond acceptors (Lipinski definition) is 4. The Bertz CT molecular complexity index is 443. The van der Waals surface area contributed by atoms with Crippen molar-refractivity contribution in [2.24, 2.45) is 5.92 Å². The summed E-state index contributed by atoms with van der Waals surface area (Å²) in [5, 5.41) is 4.11. The summed E-state index contributed by atoms with van der Waals surface area (Å²) in [7, 11) is 0. The molecule has 2 unspecified atom stereocenters. The van der Waals surface area contributed by atoms with Crippen molar-refractivity contribution < 1.29 is 0 Å². The van der Waals surface area contributed by atoms with Crippen LogP contribution < -0.4 is 5.32 Å². The molecule has 0 amide bonds. The van der Waals surface area contributed by atoms with Crippen molar-refractivity contribution in [1.82, 2.24) is 15.3 Å². The summed E-state index contributed by atoms with van der Waals surface area (Å²) in [4.78, 5) is 9.53. The SMILES string of the molecule is CCCNCC1CCc2nc(C3CCCS3)ncc2C1. The first-order valence-electron chi connectivity index (χ1n) is 8.04. The molecular formula is C16H25N3S. The highest BCUT2D eigenvalue weighted by Gasteiger charge is 2.24. The molecule has 0 spiro atoms.